The first-order valence-corrected chi connectivity index (χ1v) is 9.29. The SMILES string of the molecule is CC(NC(=O)COC(=O)C1(c2ccccc2)CCCC1)c1ccc(F)cc1. The van der Waals surface area contributed by atoms with Crippen molar-refractivity contribution in [1.29, 1.82) is 0 Å². The second-order valence-corrected chi connectivity index (χ2v) is 7.07. The van der Waals surface area contributed by atoms with Crippen molar-refractivity contribution in [1.82, 2.24) is 5.32 Å². The lowest BCUT2D eigenvalue weighted by molar-refractivity contribution is -0.154. The van der Waals surface area contributed by atoms with Crippen LogP contribution >= 0.6 is 0 Å². The molecule has 3 rings (SSSR count). The molecule has 142 valence electrons. The van der Waals surface area contributed by atoms with E-state index in [0.29, 0.717) is 0 Å². The Labute approximate surface area is 158 Å². The molecule has 0 spiro atoms. The molecule has 1 aliphatic carbocycles. The molecule has 1 unspecified atom stereocenters. The van der Waals surface area contributed by atoms with Gasteiger partial charge < -0.3 is 10.1 Å². The number of esters is 1. The van der Waals surface area contributed by atoms with Crippen molar-refractivity contribution >= 4 is 11.9 Å². The van der Waals surface area contributed by atoms with Gasteiger partial charge in [0.15, 0.2) is 6.61 Å². The summed E-state index contributed by atoms with van der Waals surface area (Å²) >= 11 is 0. The quantitative estimate of drug-likeness (QED) is 0.782. The molecule has 1 amide bonds. The van der Waals surface area contributed by atoms with E-state index in [1.807, 2.05) is 30.3 Å². The summed E-state index contributed by atoms with van der Waals surface area (Å²) in [6.07, 6.45) is 3.42. The summed E-state index contributed by atoms with van der Waals surface area (Å²) in [6.45, 7) is 1.48. The third-order valence-corrected chi connectivity index (χ3v) is 5.26. The van der Waals surface area contributed by atoms with Crippen LogP contribution in [0, 0.1) is 5.82 Å². The molecule has 1 aliphatic rings. The largest absolute Gasteiger partial charge is 0.455 e. The van der Waals surface area contributed by atoms with Gasteiger partial charge in [0.05, 0.1) is 11.5 Å². The molecule has 0 radical (unpaired) electrons. The molecule has 2 aromatic carbocycles. The lowest BCUT2D eigenvalue weighted by Crippen LogP contribution is -2.38. The molecule has 2 aromatic rings. The number of rotatable bonds is 6. The van der Waals surface area contributed by atoms with Gasteiger partial charge in [0.2, 0.25) is 0 Å². The zero-order valence-electron chi connectivity index (χ0n) is 15.4. The van der Waals surface area contributed by atoms with Crippen molar-refractivity contribution in [3.8, 4) is 0 Å². The minimum atomic E-state index is -0.649. The maximum Gasteiger partial charge on any atom is 0.317 e. The van der Waals surface area contributed by atoms with Crippen LogP contribution < -0.4 is 5.32 Å². The molecule has 0 bridgehead atoms. The molecule has 0 aromatic heterocycles. The Kier molecular flexibility index (Phi) is 5.89. The Balaban J connectivity index is 1.59. The second-order valence-electron chi connectivity index (χ2n) is 7.07. The Morgan fingerprint density at radius 3 is 2.33 bits per heavy atom. The first-order valence-electron chi connectivity index (χ1n) is 9.29. The van der Waals surface area contributed by atoms with E-state index in [9.17, 15) is 14.0 Å². The monoisotopic (exact) mass is 369 g/mol. The Morgan fingerprint density at radius 2 is 1.70 bits per heavy atom. The summed E-state index contributed by atoms with van der Waals surface area (Å²) in [5.74, 6) is -1.04. The van der Waals surface area contributed by atoms with Gasteiger partial charge in [-0.05, 0) is 43.0 Å². The van der Waals surface area contributed by atoms with E-state index in [1.54, 1.807) is 19.1 Å². The Hall–Kier alpha value is -2.69. The maximum atomic E-state index is 13.0. The van der Waals surface area contributed by atoms with Gasteiger partial charge in [-0.3, -0.25) is 9.59 Å². The van der Waals surface area contributed by atoms with Crippen molar-refractivity contribution in [2.45, 2.75) is 44.1 Å². The summed E-state index contributed by atoms with van der Waals surface area (Å²) in [5.41, 5.74) is 1.09. The fourth-order valence-corrected chi connectivity index (χ4v) is 3.73. The van der Waals surface area contributed by atoms with Crippen LogP contribution in [0.5, 0.6) is 0 Å². The van der Waals surface area contributed by atoms with Crippen molar-refractivity contribution < 1.29 is 18.7 Å². The van der Waals surface area contributed by atoms with E-state index in [-0.39, 0.29) is 30.3 Å². The maximum absolute atomic E-state index is 13.0. The van der Waals surface area contributed by atoms with Crippen LogP contribution in [0.2, 0.25) is 0 Å². The van der Waals surface area contributed by atoms with Crippen LogP contribution in [0.3, 0.4) is 0 Å². The third kappa shape index (κ3) is 4.35. The summed E-state index contributed by atoms with van der Waals surface area (Å²) in [4.78, 5) is 25.0. The van der Waals surface area contributed by atoms with Crippen molar-refractivity contribution in [2.75, 3.05) is 6.61 Å². The average molecular weight is 369 g/mol. The predicted molar refractivity (Wildman–Crippen MR) is 101 cm³/mol. The standard InChI is InChI=1S/C22H24FNO3/c1-16(17-9-11-19(23)12-10-17)24-20(25)15-27-21(26)22(13-5-6-14-22)18-7-3-2-4-8-18/h2-4,7-12,16H,5-6,13-15H2,1H3,(H,24,25). The predicted octanol–water partition coefficient (Wildman–Crippen LogP) is 4.06. The van der Waals surface area contributed by atoms with Gasteiger partial charge in [0.1, 0.15) is 5.82 Å². The molecule has 4 nitrogen and oxygen atoms in total. The number of ether oxygens (including phenoxy) is 1. The Bertz CT molecular complexity index is 783. The van der Waals surface area contributed by atoms with E-state index >= 15 is 0 Å². The van der Waals surface area contributed by atoms with Gasteiger partial charge >= 0.3 is 5.97 Å². The number of carbonyl (C=O) groups is 2. The van der Waals surface area contributed by atoms with E-state index in [4.69, 9.17) is 4.74 Å². The number of carbonyl (C=O) groups excluding carboxylic acids is 2. The second kappa shape index (κ2) is 8.33. The number of benzene rings is 2. The normalized spacial score (nSPS) is 16.5. The number of hydrogen-bond acceptors (Lipinski definition) is 3. The fraction of sp³-hybridized carbons (Fsp3) is 0.364. The molecule has 5 heteroatoms. The van der Waals surface area contributed by atoms with E-state index in [0.717, 1.165) is 36.8 Å². The molecule has 0 saturated heterocycles. The van der Waals surface area contributed by atoms with Crippen LogP contribution in [0.15, 0.2) is 54.6 Å². The number of nitrogens with one attached hydrogen (secondary N) is 1. The minimum Gasteiger partial charge on any atom is -0.455 e. The van der Waals surface area contributed by atoms with E-state index < -0.39 is 5.41 Å². The van der Waals surface area contributed by atoms with E-state index in [2.05, 4.69) is 5.32 Å². The zero-order chi connectivity index (χ0) is 19.3. The van der Waals surface area contributed by atoms with Gasteiger partial charge in [-0.1, -0.05) is 55.3 Å². The van der Waals surface area contributed by atoms with Crippen LogP contribution in [0.25, 0.3) is 0 Å². The molecule has 1 fully saturated rings. The third-order valence-electron chi connectivity index (χ3n) is 5.26. The summed E-state index contributed by atoms with van der Waals surface area (Å²) in [5, 5.41) is 2.78. The van der Waals surface area contributed by atoms with Gasteiger partial charge in [0.25, 0.3) is 5.91 Å². The lowest BCUT2D eigenvalue weighted by Gasteiger charge is -2.27. The molecular weight excluding hydrogens is 345 g/mol. The van der Waals surface area contributed by atoms with Crippen LogP contribution in [0.4, 0.5) is 4.39 Å². The highest BCUT2D eigenvalue weighted by molar-refractivity contribution is 5.86. The molecule has 0 aliphatic heterocycles. The van der Waals surface area contributed by atoms with Crippen LogP contribution in [-0.2, 0) is 19.7 Å². The molecule has 1 saturated carbocycles. The van der Waals surface area contributed by atoms with Gasteiger partial charge in [-0.15, -0.1) is 0 Å². The summed E-state index contributed by atoms with van der Waals surface area (Å²) in [7, 11) is 0. The average Bonchev–Trinajstić information content (AvgIpc) is 3.18. The summed E-state index contributed by atoms with van der Waals surface area (Å²) < 4.78 is 18.4. The highest BCUT2D eigenvalue weighted by Crippen LogP contribution is 2.42. The topological polar surface area (TPSA) is 55.4 Å². The minimum absolute atomic E-state index is 0.300. The van der Waals surface area contributed by atoms with Gasteiger partial charge in [-0.2, -0.15) is 0 Å². The lowest BCUT2D eigenvalue weighted by atomic mass is 9.79. The first-order chi connectivity index (χ1) is 13.0. The Morgan fingerprint density at radius 1 is 1.07 bits per heavy atom. The van der Waals surface area contributed by atoms with Crippen molar-refractivity contribution in [3.63, 3.8) is 0 Å². The number of halogens is 1. The smallest absolute Gasteiger partial charge is 0.317 e. The molecule has 0 heterocycles. The van der Waals surface area contributed by atoms with Gasteiger partial charge in [0, 0.05) is 0 Å². The molecule has 1 N–H and O–H groups in total. The fourth-order valence-electron chi connectivity index (χ4n) is 3.73. The van der Waals surface area contributed by atoms with Crippen molar-refractivity contribution in [2.24, 2.45) is 0 Å². The first kappa shape index (κ1) is 19.1. The number of amides is 1. The van der Waals surface area contributed by atoms with Crippen LogP contribution in [0.1, 0.15) is 49.8 Å². The highest BCUT2D eigenvalue weighted by atomic mass is 19.1. The molecule has 1 atom stereocenters. The van der Waals surface area contributed by atoms with Gasteiger partial charge in [-0.25, -0.2) is 4.39 Å². The van der Waals surface area contributed by atoms with E-state index in [1.165, 1.54) is 12.1 Å². The highest BCUT2D eigenvalue weighted by Gasteiger charge is 2.44. The zero-order valence-corrected chi connectivity index (χ0v) is 15.4. The summed E-state index contributed by atoms with van der Waals surface area (Å²) in [6, 6.07) is 15.3. The number of hydrogen-bond donors (Lipinski definition) is 1. The van der Waals surface area contributed by atoms with Crippen molar-refractivity contribution in [3.05, 3.63) is 71.5 Å². The molecular formula is C22H24FNO3. The molecule has 27 heavy (non-hydrogen) atoms. The van der Waals surface area contributed by atoms with Crippen LogP contribution in [-0.4, -0.2) is 18.5 Å².